The molecule has 9 nitrogen and oxygen atoms in total. The molecule has 2 aromatic rings. The van der Waals surface area contributed by atoms with Gasteiger partial charge in [0.05, 0.1) is 12.2 Å². The van der Waals surface area contributed by atoms with Crippen molar-refractivity contribution in [3.63, 3.8) is 0 Å². The van der Waals surface area contributed by atoms with Gasteiger partial charge >= 0.3 is 0 Å². The minimum Gasteiger partial charge on any atom is -0.349 e. The topological polar surface area (TPSA) is 102 Å². The van der Waals surface area contributed by atoms with E-state index in [4.69, 9.17) is 0 Å². The van der Waals surface area contributed by atoms with Crippen molar-refractivity contribution in [1.29, 1.82) is 0 Å². The zero-order valence-corrected chi connectivity index (χ0v) is 17.3. The molecule has 0 radical (unpaired) electrons. The van der Waals surface area contributed by atoms with E-state index >= 15 is 0 Å². The molecule has 9 heteroatoms. The number of likely N-dealkylation sites (tertiary alicyclic amines) is 1. The Balaban J connectivity index is 1.36. The van der Waals surface area contributed by atoms with Gasteiger partial charge in [-0.05, 0) is 50.3 Å². The third kappa shape index (κ3) is 4.51. The maximum Gasteiger partial charge on any atom is 0.271 e. The summed E-state index contributed by atoms with van der Waals surface area (Å²) in [5.74, 6) is -0.285. The lowest BCUT2D eigenvalue weighted by Crippen LogP contribution is -2.48. The number of aromatic nitrogens is 4. The highest BCUT2D eigenvalue weighted by molar-refractivity contribution is 5.92. The Morgan fingerprint density at radius 2 is 1.97 bits per heavy atom. The number of carbonyl (C=O) groups is 1. The summed E-state index contributed by atoms with van der Waals surface area (Å²) in [6, 6.07) is 4.74. The first-order valence-electron chi connectivity index (χ1n) is 10.7. The van der Waals surface area contributed by atoms with Crippen LogP contribution < -0.4 is 16.4 Å². The molecule has 4 rings (SSSR count). The van der Waals surface area contributed by atoms with E-state index in [2.05, 4.69) is 20.4 Å². The molecule has 1 aliphatic heterocycles. The van der Waals surface area contributed by atoms with Crippen LogP contribution in [0.5, 0.6) is 0 Å². The van der Waals surface area contributed by atoms with Crippen molar-refractivity contribution in [3.8, 4) is 0 Å². The van der Waals surface area contributed by atoms with Gasteiger partial charge in [-0.1, -0.05) is 6.42 Å². The molecule has 1 N–H and O–H groups in total. The summed E-state index contributed by atoms with van der Waals surface area (Å²) in [5, 5.41) is 11.5. The lowest BCUT2D eigenvalue weighted by atomic mass is 10.0. The Morgan fingerprint density at radius 1 is 1.10 bits per heavy atom. The Hall–Kier alpha value is -2.81. The van der Waals surface area contributed by atoms with Gasteiger partial charge in [-0.25, -0.2) is 9.36 Å². The minimum atomic E-state index is -0.285. The number of aryl methyl sites for hydroxylation is 3. The Kier molecular flexibility index (Phi) is 6.08. The van der Waals surface area contributed by atoms with Crippen molar-refractivity contribution >= 4 is 5.91 Å². The summed E-state index contributed by atoms with van der Waals surface area (Å²) < 4.78 is 2.74. The number of hydrogen-bond acceptors (Lipinski definition) is 6. The van der Waals surface area contributed by atoms with Gasteiger partial charge in [-0.15, -0.1) is 0 Å². The minimum absolute atomic E-state index is 0.0294. The van der Waals surface area contributed by atoms with E-state index in [1.54, 1.807) is 10.7 Å². The van der Waals surface area contributed by atoms with Gasteiger partial charge in [0.25, 0.3) is 17.0 Å². The number of piperidine rings is 1. The van der Waals surface area contributed by atoms with Crippen LogP contribution in [0.1, 0.15) is 47.4 Å². The van der Waals surface area contributed by atoms with E-state index in [-0.39, 0.29) is 28.8 Å². The Morgan fingerprint density at radius 3 is 2.80 bits per heavy atom. The first-order valence-corrected chi connectivity index (χ1v) is 10.7. The highest BCUT2D eigenvalue weighted by atomic mass is 16.2. The van der Waals surface area contributed by atoms with Gasteiger partial charge in [0.1, 0.15) is 5.69 Å². The molecule has 0 saturated carbocycles. The van der Waals surface area contributed by atoms with Gasteiger partial charge in [-0.2, -0.15) is 10.2 Å². The van der Waals surface area contributed by atoms with E-state index in [0.29, 0.717) is 13.1 Å². The predicted octanol–water partition coefficient (Wildman–Crippen LogP) is 0.110. The molecule has 1 atom stereocenters. The van der Waals surface area contributed by atoms with Crippen molar-refractivity contribution in [2.45, 2.75) is 51.1 Å². The average Bonchev–Trinajstić information content (AvgIpc) is 3.20. The second kappa shape index (κ2) is 8.91. The Labute approximate surface area is 174 Å². The van der Waals surface area contributed by atoms with E-state index in [9.17, 15) is 14.4 Å². The lowest BCUT2D eigenvalue weighted by molar-refractivity contribution is 0.0902. The normalized spacial score (nSPS) is 18.9. The number of carbonyl (C=O) groups excluding carboxylic acids is 1. The van der Waals surface area contributed by atoms with E-state index in [1.807, 2.05) is 0 Å². The van der Waals surface area contributed by atoms with Crippen molar-refractivity contribution in [1.82, 2.24) is 29.8 Å². The number of fused-ring (bicyclic) bond motifs is 1. The van der Waals surface area contributed by atoms with Crippen LogP contribution in [0, 0.1) is 0 Å². The first-order chi connectivity index (χ1) is 14.5. The van der Waals surface area contributed by atoms with Crippen LogP contribution in [0.15, 0.2) is 27.8 Å². The largest absolute Gasteiger partial charge is 0.349 e. The highest BCUT2D eigenvalue weighted by Gasteiger charge is 2.24. The zero-order chi connectivity index (χ0) is 21.1. The predicted molar refractivity (Wildman–Crippen MR) is 112 cm³/mol. The van der Waals surface area contributed by atoms with Gasteiger partial charge in [0.15, 0.2) is 0 Å². The first kappa shape index (κ1) is 20.5. The molecule has 30 heavy (non-hydrogen) atoms. The second-order valence-corrected chi connectivity index (χ2v) is 8.11. The summed E-state index contributed by atoms with van der Waals surface area (Å²) in [7, 11) is 1.52. The van der Waals surface area contributed by atoms with Crippen LogP contribution in [0.2, 0.25) is 0 Å². The molecule has 3 heterocycles. The smallest absolute Gasteiger partial charge is 0.271 e. The van der Waals surface area contributed by atoms with Crippen LogP contribution >= 0.6 is 0 Å². The van der Waals surface area contributed by atoms with Crippen LogP contribution in [-0.2, 0) is 26.4 Å². The highest BCUT2D eigenvalue weighted by Crippen LogP contribution is 2.18. The molecule has 1 unspecified atom stereocenters. The molecular formula is C21H28N6O3. The number of nitrogens with zero attached hydrogens (tertiary/aromatic N) is 5. The number of nitrogens with one attached hydrogen (secondary N) is 1. The van der Waals surface area contributed by atoms with Crippen LogP contribution in [0.3, 0.4) is 0 Å². The van der Waals surface area contributed by atoms with Crippen molar-refractivity contribution in [2.24, 2.45) is 7.05 Å². The molecule has 1 saturated heterocycles. The maximum atomic E-state index is 12.4. The summed E-state index contributed by atoms with van der Waals surface area (Å²) >= 11 is 0. The Bertz CT molecular complexity index is 1040. The molecule has 0 aromatic carbocycles. The van der Waals surface area contributed by atoms with Crippen LogP contribution in [0.25, 0.3) is 0 Å². The zero-order valence-electron chi connectivity index (χ0n) is 17.3. The molecule has 160 valence electrons. The SMILES string of the molecule is Cn1nc(C(=O)NCC2CCCCN2CCn2nc3c(cc2=O)CCC3)ccc1=O. The summed E-state index contributed by atoms with van der Waals surface area (Å²) in [6.07, 6.45) is 6.20. The molecule has 1 fully saturated rings. The molecule has 0 bridgehead atoms. The number of amides is 1. The molecule has 2 aromatic heterocycles. The fourth-order valence-electron chi connectivity index (χ4n) is 4.33. The van der Waals surface area contributed by atoms with Gasteiger partial charge < -0.3 is 5.32 Å². The van der Waals surface area contributed by atoms with Crippen molar-refractivity contribution in [2.75, 3.05) is 19.6 Å². The van der Waals surface area contributed by atoms with Gasteiger partial charge in [-0.3, -0.25) is 19.3 Å². The fourth-order valence-corrected chi connectivity index (χ4v) is 4.33. The molecule has 0 spiro atoms. The number of rotatable bonds is 6. The molecule has 1 aliphatic carbocycles. The summed E-state index contributed by atoms with van der Waals surface area (Å²) in [4.78, 5) is 38.6. The van der Waals surface area contributed by atoms with E-state index in [0.717, 1.165) is 67.6 Å². The monoisotopic (exact) mass is 412 g/mol. The second-order valence-electron chi connectivity index (χ2n) is 8.11. The third-order valence-electron chi connectivity index (χ3n) is 6.06. The van der Waals surface area contributed by atoms with E-state index < -0.39 is 0 Å². The molecule has 2 aliphatic rings. The maximum absolute atomic E-state index is 12.4. The quantitative estimate of drug-likeness (QED) is 0.723. The van der Waals surface area contributed by atoms with Crippen LogP contribution in [0.4, 0.5) is 0 Å². The summed E-state index contributed by atoms with van der Waals surface area (Å²) in [5.41, 5.74) is 2.11. The number of hydrogen-bond donors (Lipinski definition) is 1. The van der Waals surface area contributed by atoms with E-state index in [1.165, 1.54) is 19.2 Å². The fraction of sp³-hybridized carbons (Fsp3) is 0.571. The van der Waals surface area contributed by atoms with Crippen molar-refractivity contribution in [3.05, 3.63) is 55.9 Å². The van der Waals surface area contributed by atoms with Gasteiger partial charge in [0, 0.05) is 38.3 Å². The lowest BCUT2D eigenvalue weighted by Gasteiger charge is -2.35. The van der Waals surface area contributed by atoms with Crippen molar-refractivity contribution < 1.29 is 4.79 Å². The average molecular weight is 412 g/mol. The molecule has 1 amide bonds. The van der Waals surface area contributed by atoms with Crippen LogP contribution in [-0.4, -0.2) is 56.0 Å². The standard InChI is InChI=1S/C21H28N6O3/c1-25-19(28)9-8-18(23-25)21(30)22-14-16-6-2-3-10-26(16)11-12-27-20(29)13-15-5-4-7-17(15)24-27/h8-9,13,16H,2-7,10-12,14H2,1H3,(H,22,30). The molecular weight excluding hydrogens is 384 g/mol. The summed E-state index contributed by atoms with van der Waals surface area (Å²) in [6.45, 7) is 2.73. The van der Waals surface area contributed by atoms with Gasteiger partial charge in [0.2, 0.25) is 0 Å². The third-order valence-corrected chi connectivity index (χ3v) is 6.06.